The standard InChI is InChI=1S/C12H8ClFN2O2S/c1-19-12-15-5-8(11(17)18)10(16-12)7-3-2-6(14)4-9(7)13/h2-5H,1H3,(H,17,18). The van der Waals surface area contributed by atoms with E-state index in [-0.39, 0.29) is 16.3 Å². The zero-order valence-electron chi connectivity index (χ0n) is 9.72. The Bertz CT molecular complexity index is 652. The molecule has 0 saturated carbocycles. The number of hydrogen-bond donors (Lipinski definition) is 1. The van der Waals surface area contributed by atoms with Crippen LogP contribution in [0.5, 0.6) is 0 Å². The van der Waals surface area contributed by atoms with E-state index in [2.05, 4.69) is 9.97 Å². The van der Waals surface area contributed by atoms with Gasteiger partial charge in [-0.2, -0.15) is 0 Å². The molecule has 0 fully saturated rings. The van der Waals surface area contributed by atoms with Gasteiger partial charge in [0.25, 0.3) is 0 Å². The third-order valence-electron chi connectivity index (χ3n) is 2.37. The summed E-state index contributed by atoms with van der Waals surface area (Å²) in [6.07, 6.45) is 2.99. The first-order valence-corrected chi connectivity index (χ1v) is 6.73. The monoisotopic (exact) mass is 298 g/mol. The minimum absolute atomic E-state index is 0.0775. The number of benzene rings is 1. The van der Waals surface area contributed by atoms with E-state index in [4.69, 9.17) is 16.7 Å². The number of nitrogens with zero attached hydrogens (tertiary/aromatic N) is 2. The zero-order valence-corrected chi connectivity index (χ0v) is 11.3. The van der Waals surface area contributed by atoms with Crippen molar-refractivity contribution < 1.29 is 14.3 Å². The lowest BCUT2D eigenvalue weighted by atomic mass is 10.1. The molecule has 1 aromatic heterocycles. The van der Waals surface area contributed by atoms with Crippen molar-refractivity contribution in [1.82, 2.24) is 9.97 Å². The summed E-state index contributed by atoms with van der Waals surface area (Å²) in [5, 5.41) is 9.65. The maximum absolute atomic E-state index is 13.0. The lowest BCUT2D eigenvalue weighted by Crippen LogP contribution is -2.04. The van der Waals surface area contributed by atoms with Gasteiger partial charge in [-0.05, 0) is 24.5 Å². The van der Waals surface area contributed by atoms with E-state index in [0.717, 1.165) is 6.07 Å². The second-order valence-corrected chi connectivity index (χ2v) is 4.73. The number of aromatic nitrogens is 2. The molecule has 1 N–H and O–H groups in total. The molecule has 2 rings (SSSR count). The summed E-state index contributed by atoms with van der Waals surface area (Å²) < 4.78 is 13.0. The van der Waals surface area contributed by atoms with Crippen LogP contribution in [0.2, 0.25) is 5.02 Å². The number of hydrogen-bond acceptors (Lipinski definition) is 4. The van der Waals surface area contributed by atoms with Crippen LogP contribution in [0.25, 0.3) is 11.3 Å². The molecule has 4 nitrogen and oxygen atoms in total. The number of carboxylic acid groups (broad SMARTS) is 1. The predicted molar refractivity (Wildman–Crippen MR) is 71.2 cm³/mol. The quantitative estimate of drug-likeness (QED) is 0.695. The van der Waals surface area contributed by atoms with Gasteiger partial charge in [0.2, 0.25) is 0 Å². The SMILES string of the molecule is CSc1ncc(C(=O)O)c(-c2ccc(F)cc2Cl)n1. The molecule has 0 radical (unpaired) electrons. The molecule has 0 saturated heterocycles. The summed E-state index contributed by atoms with van der Waals surface area (Å²) in [6.45, 7) is 0. The fourth-order valence-electron chi connectivity index (χ4n) is 1.51. The van der Waals surface area contributed by atoms with E-state index < -0.39 is 11.8 Å². The molecule has 2 aromatic rings. The van der Waals surface area contributed by atoms with E-state index in [9.17, 15) is 9.18 Å². The smallest absolute Gasteiger partial charge is 0.339 e. The average molecular weight is 299 g/mol. The maximum atomic E-state index is 13.0. The van der Waals surface area contributed by atoms with Gasteiger partial charge in [0, 0.05) is 11.8 Å². The maximum Gasteiger partial charge on any atom is 0.339 e. The Hall–Kier alpha value is -1.66. The summed E-state index contributed by atoms with van der Waals surface area (Å²) >= 11 is 7.21. The number of carboxylic acids is 1. The van der Waals surface area contributed by atoms with Gasteiger partial charge in [0.15, 0.2) is 5.16 Å². The van der Waals surface area contributed by atoms with E-state index in [1.807, 2.05) is 0 Å². The van der Waals surface area contributed by atoms with Crippen LogP contribution in [0.15, 0.2) is 29.6 Å². The van der Waals surface area contributed by atoms with Crippen LogP contribution in [-0.2, 0) is 0 Å². The zero-order chi connectivity index (χ0) is 14.0. The average Bonchev–Trinajstić information content (AvgIpc) is 2.38. The van der Waals surface area contributed by atoms with Crippen molar-refractivity contribution in [3.05, 3.63) is 40.8 Å². The highest BCUT2D eigenvalue weighted by molar-refractivity contribution is 7.98. The molecule has 7 heteroatoms. The number of rotatable bonds is 3. The van der Waals surface area contributed by atoms with E-state index in [1.54, 1.807) is 6.26 Å². The van der Waals surface area contributed by atoms with Gasteiger partial charge < -0.3 is 5.11 Å². The largest absolute Gasteiger partial charge is 0.478 e. The Labute approximate surface area is 117 Å². The minimum atomic E-state index is -1.16. The summed E-state index contributed by atoms with van der Waals surface area (Å²) in [4.78, 5) is 19.2. The van der Waals surface area contributed by atoms with Crippen LogP contribution in [0, 0.1) is 5.82 Å². The first-order valence-electron chi connectivity index (χ1n) is 5.12. The molecule has 19 heavy (non-hydrogen) atoms. The van der Waals surface area contributed by atoms with Crippen LogP contribution in [0.4, 0.5) is 4.39 Å². The third-order valence-corrected chi connectivity index (χ3v) is 3.24. The minimum Gasteiger partial charge on any atom is -0.478 e. The molecule has 0 atom stereocenters. The molecule has 0 bridgehead atoms. The van der Waals surface area contributed by atoms with Crippen LogP contribution in [0.3, 0.4) is 0 Å². The van der Waals surface area contributed by atoms with Gasteiger partial charge in [-0.25, -0.2) is 19.2 Å². The number of aromatic carboxylic acids is 1. The first-order chi connectivity index (χ1) is 9.02. The highest BCUT2D eigenvalue weighted by atomic mass is 35.5. The molecule has 0 aliphatic rings. The third kappa shape index (κ3) is 2.85. The Kier molecular flexibility index (Phi) is 4.01. The summed E-state index contributed by atoms with van der Waals surface area (Å²) in [5.74, 6) is -1.66. The van der Waals surface area contributed by atoms with Crippen molar-refractivity contribution in [2.75, 3.05) is 6.26 Å². The Morgan fingerprint density at radius 3 is 2.79 bits per heavy atom. The fourth-order valence-corrected chi connectivity index (χ4v) is 2.10. The molecule has 0 unspecified atom stereocenters. The van der Waals surface area contributed by atoms with Gasteiger partial charge in [0.1, 0.15) is 11.4 Å². The molecule has 0 amide bonds. The first kappa shape index (κ1) is 13.8. The second kappa shape index (κ2) is 5.54. The molecule has 1 heterocycles. The van der Waals surface area contributed by atoms with Crippen LogP contribution < -0.4 is 0 Å². The molecular weight excluding hydrogens is 291 g/mol. The summed E-state index contributed by atoms with van der Waals surface area (Å²) in [7, 11) is 0. The predicted octanol–water partition coefficient (Wildman–Crippen LogP) is 3.36. The summed E-state index contributed by atoms with van der Waals surface area (Å²) in [6, 6.07) is 3.72. The molecule has 0 aliphatic carbocycles. The highest BCUT2D eigenvalue weighted by Crippen LogP contribution is 2.30. The van der Waals surface area contributed by atoms with E-state index >= 15 is 0 Å². The van der Waals surface area contributed by atoms with Gasteiger partial charge in [-0.3, -0.25) is 0 Å². The second-order valence-electron chi connectivity index (χ2n) is 3.55. The molecular formula is C12H8ClFN2O2S. The van der Waals surface area contributed by atoms with Crippen molar-refractivity contribution in [2.24, 2.45) is 0 Å². The number of thioether (sulfide) groups is 1. The molecule has 98 valence electrons. The highest BCUT2D eigenvalue weighted by Gasteiger charge is 2.17. The lowest BCUT2D eigenvalue weighted by molar-refractivity contribution is 0.0696. The van der Waals surface area contributed by atoms with Crippen molar-refractivity contribution in [3.8, 4) is 11.3 Å². The lowest BCUT2D eigenvalue weighted by Gasteiger charge is -2.08. The fraction of sp³-hybridized carbons (Fsp3) is 0.0833. The van der Waals surface area contributed by atoms with Gasteiger partial charge >= 0.3 is 5.97 Å². The number of halogens is 2. The molecule has 0 aliphatic heterocycles. The van der Waals surface area contributed by atoms with Crippen LogP contribution in [-0.4, -0.2) is 27.3 Å². The van der Waals surface area contributed by atoms with Gasteiger partial charge in [-0.1, -0.05) is 23.4 Å². The topological polar surface area (TPSA) is 63.1 Å². The molecule has 0 spiro atoms. The Morgan fingerprint density at radius 1 is 1.47 bits per heavy atom. The normalized spacial score (nSPS) is 10.5. The summed E-state index contributed by atoms with van der Waals surface area (Å²) in [5.41, 5.74) is 0.460. The molecule has 1 aromatic carbocycles. The Morgan fingerprint density at radius 2 is 2.21 bits per heavy atom. The van der Waals surface area contributed by atoms with Crippen molar-refractivity contribution >= 4 is 29.3 Å². The van der Waals surface area contributed by atoms with Crippen molar-refractivity contribution in [1.29, 1.82) is 0 Å². The van der Waals surface area contributed by atoms with Gasteiger partial charge in [0.05, 0.1) is 10.7 Å². The van der Waals surface area contributed by atoms with Crippen molar-refractivity contribution in [3.63, 3.8) is 0 Å². The van der Waals surface area contributed by atoms with E-state index in [0.29, 0.717) is 10.7 Å². The Balaban J connectivity index is 2.68. The van der Waals surface area contributed by atoms with E-state index in [1.165, 1.54) is 30.1 Å². The van der Waals surface area contributed by atoms with Crippen LogP contribution in [0.1, 0.15) is 10.4 Å². The van der Waals surface area contributed by atoms with Crippen LogP contribution >= 0.6 is 23.4 Å². The van der Waals surface area contributed by atoms with Crippen molar-refractivity contribution in [2.45, 2.75) is 5.16 Å². The number of carbonyl (C=O) groups is 1. The van der Waals surface area contributed by atoms with Gasteiger partial charge in [-0.15, -0.1) is 0 Å².